The zero-order valence-electron chi connectivity index (χ0n) is 5.48. The predicted octanol–water partition coefficient (Wildman–Crippen LogP) is 0.334. The molecule has 1 fully saturated rings. The van der Waals surface area contributed by atoms with Gasteiger partial charge >= 0.3 is 0 Å². The molecule has 0 radical (unpaired) electrons. The number of rotatable bonds is 3. The first-order valence-electron chi connectivity index (χ1n) is 3.09. The maximum Gasteiger partial charge on any atom is 0.137 e. The third-order valence-corrected chi connectivity index (χ3v) is 2.02. The molecule has 3 heteroatoms. The molecule has 2 N–H and O–H groups in total. The minimum Gasteiger partial charge on any atom is -0.317 e. The van der Waals surface area contributed by atoms with Crippen molar-refractivity contribution in [2.45, 2.75) is 19.8 Å². The van der Waals surface area contributed by atoms with Crippen molar-refractivity contribution in [3.05, 3.63) is 0 Å². The van der Waals surface area contributed by atoms with Crippen molar-refractivity contribution in [2.75, 3.05) is 6.54 Å². The van der Waals surface area contributed by atoms with Crippen LogP contribution in [-0.2, 0) is 4.79 Å². The first-order chi connectivity index (χ1) is 4.21. The largest absolute Gasteiger partial charge is 0.317 e. The molecule has 0 aromatic rings. The minimum atomic E-state index is -0.200. The molecular formula is C6H11NO2. The standard InChI is InChI=1S/C6H11NO2/c1-5(8)6(2-3-6)4-7-9/h7,9H,2-4H2,1H3. The highest BCUT2D eigenvalue weighted by molar-refractivity contribution is 5.85. The molecule has 1 aliphatic rings. The second kappa shape index (κ2) is 2.08. The molecule has 0 aromatic heterocycles. The third kappa shape index (κ3) is 1.11. The van der Waals surface area contributed by atoms with Crippen molar-refractivity contribution in [1.29, 1.82) is 0 Å². The van der Waals surface area contributed by atoms with Crippen LogP contribution >= 0.6 is 0 Å². The Labute approximate surface area is 54.0 Å². The summed E-state index contributed by atoms with van der Waals surface area (Å²) in [7, 11) is 0. The lowest BCUT2D eigenvalue weighted by molar-refractivity contribution is -0.122. The van der Waals surface area contributed by atoms with Gasteiger partial charge in [-0.2, -0.15) is 0 Å². The van der Waals surface area contributed by atoms with Gasteiger partial charge in [-0.25, -0.2) is 5.48 Å². The second-order valence-electron chi connectivity index (χ2n) is 2.67. The summed E-state index contributed by atoms with van der Waals surface area (Å²) in [6.45, 7) is 1.99. The second-order valence-corrected chi connectivity index (χ2v) is 2.67. The van der Waals surface area contributed by atoms with Crippen LogP contribution in [-0.4, -0.2) is 17.5 Å². The van der Waals surface area contributed by atoms with Crippen LogP contribution in [0.5, 0.6) is 0 Å². The van der Waals surface area contributed by atoms with E-state index in [1.807, 2.05) is 5.48 Å². The molecule has 0 aromatic carbocycles. The highest BCUT2D eigenvalue weighted by Crippen LogP contribution is 2.45. The van der Waals surface area contributed by atoms with Crippen LogP contribution in [0.15, 0.2) is 0 Å². The molecule has 0 amide bonds. The van der Waals surface area contributed by atoms with Gasteiger partial charge < -0.3 is 5.21 Å². The van der Waals surface area contributed by atoms with Crippen molar-refractivity contribution in [1.82, 2.24) is 5.48 Å². The first kappa shape index (κ1) is 6.71. The van der Waals surface area contributed by atoms with Crippen LogP contribution in [0.25, 0.3) is 0 Å². The Bertz CT molecular complexity index is 129. The Hall–Kier alpha value is -0.410. The summed E-state index contributed by atoms with van der Waals surface area (Å²) in [5.41, 5.74) is 1.83. The van der Waals surface area contributed by atoms with Gasteiger partial charge in [0.25, 0.3) is 0 Å². The summed E-state index contributed by atoms with van der Waals surface area (Å²) in [4.78, 5) is 10.8. The molecule has 0 atom stereocenters. The fourth-order valence-corrected chi connectivity index (χ4v) is 0.956. The van der Waals surface area contributed by atoms with Crippen LogP contribution in [0.1, 0.15) is 19.8 Å². The first-order valence-corrected chi connectivity index (χ1v) is 3.09. The van der Waals surface area contributed by atoms with Crippen LogP contribution < -0.4 is 5.48 Å². The summed E-state index contributed by atoms with van der Waals surface area (Å²) in [5, 5.41) is 8.29. The molecule has 0 spiro atoms. The van der Waals surface area contributed by atoms with E-state index in [1.54, 1.807) is 6.92 Å². The number of carbonyl (C=O) groups excluding carboxylic acids is 1. The van der Waals surface area contributed by atoms with Gasteiger partial charge in [0.2, 0.25) is 0 Å². The highest BCUT2D eigenvalue weighted by Gasteiger charge is 2.46. The predicted molar refractivity (Wildman–Crippen MR) is 32.1 cm³/mol. The van der Waals surface area contributed by atoms with E-state index in [0.29, 0.717) is 6.54 Å². The molecule has 0 heterocycles. The van der Waals surface area contributed by atoms with Crippen molar-refractivity contribution in [2.24, 2.45) is 5.41 Å². The van der Waals surface area contributed by atoms with Gasteiger partial charge in [0.15, 0.2) is 0 Å². The monoisotopic (exact) mass is 129 g/mol. The summed E-state index contributed by atoms with van der Waals surface area (Å²) in [5.74, 6) is 0.184. The molecule has 1 aliphatic carbocycles. The zero-order valence-corrected chi connectivity index (χ0v) is 5.48. The van der Waals surface area contributed by atoms with Crippen molar-refractivity contribution in [3.63, 3.8) is 0 Å². The van der Waals surface area contributed by atoms with Crippen molar-refractivity contribution >= 4 is 5.78 Å². The summed E-state index contributed by atoms with van der Waals surface area (Å²) < 4.78 is 0. The van der Waals surface area contributed by atoms with E-state index in [-0.39, 0.29) is 11.2 Å². The molecule has 1 saturated carbocycles. The third-order valence-electron chi connectivity index (χ3n) is 2.02. The van der Waals surface area contributed by atoms with E-state index in [1.165, 1.54) is 0 Å². The Morgan fingerprint density at radius 3 is 2.44 bits per heavy atom. The smallest absolute Gasteiger partial charge is 0.137 e. The maximum atomic E-state index is 10.8. The van der Waals surface area contributed by atoms with Gasteiger partial charge in [-0.1, -0.05) is 0 Å². The number of hydrogen-bond acceptors (Lipinski definition) is 3. The lowest BCUT2D eigenvalue weighted by Crippen LogP contribution is -2.26. The number of Topliss-reactive ketones (excluding diaryl/α,β-unsaturated/α-hetero) is 1. The molecule has 0 unspecified atom stereocenters. The van der Waals surface area contributed by atoms with Crippen LogP contribution in [0.2, 0.25) is 0 Å². The number of hydroxylamine groups is 1. The maximum absolute atomic E-state index is 10.8. The van der Waals surface area contributed by atoms with E-state index in [2.05, 4.69) is 0 Å². The van der Waals surface area contributed by atoms with Crippen molar-refractivity contribution < 1.29 is 10.0 Å². The SMILES string of the molecule is CC(=O)C1(CNO)CC1. The number of nitrogens with one attached hydrogen (secondary N) is 1. The van der Waals surface area contributed by atoms with E-state index in [0.717, 1.165) is 12.8 Å². The quantitative estimate of drug-likeness (QED) is 0.540. The highest BCUT2D eigenvalue weighted by atomic mass is 16.5. The van der Waals surface area contributed by atoms with Gasteiger partial charge in [0.05, 0.1) is 0 Å². The topological polar surface area (TPSA) is 49.3 Å². The summed E-state index contributed by atoms with van der Waals surface area (Å²) in [6.07, 6.45) is 1.85. The molecule has 3 nitrogen and oxygen atoms in total. The fourth-order valence-electron chi connectivity index (χ4n) is 0.956. The average Bonchev–Trinajstić information content (AvgIpc) is 2.49. The van der Waals surface area contributed by atoms with Crippen molar-refractivity contribution in [3.8, 4) is 0 Å². The minimum absolute atomic E-state index is 0.184. The molecule has 52 valence electrons. The number of ketones is 1. The Morgan fingerprint density at radius 2 is 2.33 bits per heavy atom. The van der Waals surface area contributed by atoms with E-state index < -0.39 is 0 Å². The lowest BCUT2D eigenvalue weighted by Gasteiger charge is -2.07. The lowest BCUT2D eigenvalue weighted by atomic mass is 10.0. The van der Waals surface area contributed by atoms with Crippen LogP contribution in [0.4, 0.5) is 0 Å². The van der Waals surface area contributed by atoms with Crippen LogP contribution in [0.3, 0.4) is 0 Å². The molecule has 9 heavy (non-hydrogen) atoms. The van der Waals surface area contributed by atoms with E-state index in [4.69, 9.17) is 5.21 Å². The number of carbonyl (C=O) groups is 1. The average molecular weight is 129 g/mol. The molecule has 0 bridgehead atoms. The zero-order chi connectivity index (χ0) is 6.91. The molecular weight excluding hydrogens is 118 g/mol. The molecule has 1 rings (SSSR count). The molecule has 0 saturated heterocycles. The normalized spacial score (nSPS) is 21.6. The van der Waals surface area contributed by atoms with E-state index >= 15 is 0 Å². The Morgan fingerprint density at radius 1 is 1.78 bits per heavy atom. The van der Waals surface area contributed by atoms with Gasteiger partial charge in [0, 0.05) is 12.0 Å². The van der Waals surface area contributed by atoms with E-state index in [9.17, 15) is 4.79 Å². The Balaban J connectivity index is 2.43. The summed E-state index contributed by atoms with van der Waals surface area (Å²) >= 11 is 0. The van der Waals surface area contributed by atoms with Gasteiger partial charge in [-0.3, -0.25) is 4.79 Å². The van der Waals surface area contributed by atoms with Gasteiger partial charge in [-0.15, -0.1) is 0 Å². The fraction of sp³-hybridized carbons (Fsp3) is 0.833. The summed E-state index contributed by atoms with van der Waals surface area (Å²) in [6, 6.07) is 0. The number of hydrogen-bond donors (Lipinski definition) is 2. The van der Waals surface area contributed by atoms with Gasteiger partial charge in [-0.05, 0) is 19.8 Å². The molecule has 0 aliphatic heterocycles. The van der Waals surface area contributed by atoms with Gasteiger partial charge in [0.1, 0.15) is 5.78 Å². The van der Waals surface area contributed by atoms with Crippen LogP contribution in [0, 0.1) is 5.41 Å². The Kier molecular flexibility index (Phi) is 1.55.